The Hall–Kier alpha value is -1.75. The maximum Gasteiger partial charge on any atom is 0.257 e. The zero-order valence-corrected chi connectivity index (χ0v) is 14.5. The van der Waals surface area contributed by atoms with Crippen LogP contribution in [0, 0.1) is 5.92 Å². The van der Waals surface area contributed by atoms with Crippen molar-refractivity contribution in [1.29, 1.82) is 0 Å². The monoisotopic (exact) mass is 333 g/mol. The summed E-state index contributed by atoms with van der Waals surface area (Å²) in [4.78, 5) is 15.1. The average Bonchev–Trinajstić information content (AvgIpc) is 3.10. The Morgan fingerprint density at radius 1 is 1.12 bits per heavy atom. The van der Waals surface area contributed by atoms with E-state index in [4.69, 9.17) is 9.47 Å². The summed E-state index contributed by atoms with van der Waals surface area (Å²) in [6, 6.07) is 5.44. The predicted octanol–water partition coefficient (Wildman–Crippen LogP) is 2.86. The number of amides is 1. The fraction of sp³-hybridized carbons (Fsp3) is 0.632. The van der Waals surface area contributed by atoms with Gasteiger partial charge in [-0.1, -0.05) is 12.8 Å². The van der Waals surface area contributed by atoms with Crippen LogP contribution in [0.1, 0.15) is 48.9 Å². The fourth-order valence-electron chi connectivity index (χ4n) is 4.21. The lowest BCUT2D eigenvalue weighted by molar-refractivity contribution is 0.0210. The van der Waals surface area contributed by atoms with Crippen LogP contribution in [0.4, 0.5) is 0 Å². The first-order chi connectivity index (χ1) is 11.7. The topological polar surface area (TPSA) is 59.0 Å². The molecule has 2 aliphatic rings. The molecule has 1 heterocycles. The molecular weight excluding hydrogens is 306 g/mol. The minimum atomic E-state index is -0.282. The van der Waals surface area contributed by atoms with Crippen molar-refractivity contribution < 1.29 is 19.4 Å². The second kappa shape index (κ2) is 7.43. The molecule has 1 saturated carbocycles. The van der Waals surface area contributed by atoms with Crippen molar-refractivity contribution in [3.05, 3.63) is 23.8 Å². The lowest BCUT2D eigenvalue weighted by Gasteiger charge is -2.37. The van der Waals surface area contributed by atoms with Crippen molar-refractivity contribution in [3.8, 4) is 11.5 Å². The molecule has 3 atom stereocenters. The van der Waals surface area contributed by atoms with E-state index in [-0.39, 0.29) is 24.0 Å². The van der Waals surface area contributed by atoms with Gasteiger partial charge in [-0.15, -0.1) is 0 Å². The minimum Gasteiger partial charge on any atom is -0.497 e. The van der Waals surface area contributed by atoms with Crippen molar-refractivity contribution in [2.45, 2.75) is 50.7 Å². The lowest BCUT2D eigenvalue weighted by atomic mass is 9.80. The molecule has 132 valence electrons. The standard InChI is InChI=1S/C19H27NO4/c1-23-13-9-10-15(18(12-13)24-2)19(22)20-11-5-7-16(20)14-6-3-4-8-17(14)21/h9-10,12,14,16-17,21H,3-8,11H2,1-2H3/t14-,16+,17+/m0/s1. The van der Waals surface area contributed by atoms with Gasteiger partial charge in [0.1, 0.15) is 11.5 Å². The van der Waals surface area contributed by atoms with E-state index in [1.165, 1.54) is 0 Å². The van der Waals surface area contributed by atoms with Crippen LogP contribution in [0.3, 0.4) is 0 Å². The lowest BCUT2D eigenvalue weighted by Crippen LogP contribution is -2.45. The van der Waals surface area contributed by atoms with E-state index < -0.39 is 0 Å². The molecule has 1 saturated heterocycles. The number of hydrogen-bond donors (Lipinski definition) is 1. The first-order valence-electron chi connectivity index (χ1n) is 8.86. The smallest absolute Gasteiger partial charge is 0.257 e. The Morgan fingerprint density at radius 3 is 2.62 bits per heavy atom. The van der Waals surface area contributed by atoms with Crippen LogP contribution in [0.5, 0.6) is 11.5 Å². The summed E-state index contributed by atoms with van der Waals surface area (Å²) in [7, 11) is 3.16. The summed E-state index contributed by atoms with van der Waals surface area (Å²) in [5.41, 5.74) is 0.565. The van der Waals surface area contributed by atoms with E-state index >= 15 is 0 Å². The molecular formula is C19H27NO4. The third-order valence-corrected chi connectivity index (χ3v) is 5.47. The molecule has 0 bridgehead atoms. The number of aliphatic hydroxyl groups excluding tert-OH is 1. The van der Waals surface area contributed by atoms with E-state index in [0.717, 1.165) is 45.1 Å². The molecule has 1 N–H and O–H groups in total. The van der Waals surface area contributed by atoms with Crippen LogP contribution in [-0.4, -0.2) is 48.8 Å². The molecule has 0 spiro atoms. The van der Waals surface area contributed by atoms with E-state index in [1.54, 1.807) is 32.4 Å². The highest BCUT2D eigenvalue weighted by Gasteiger charge is 2.39. The molecule has 5 nitrogen and oxygen atoms in total. The van der Waals surface area contributed by atoms with Gasteiger partial charge in [0.2, 0.25) is 0 Å². The van der Waals surface area contributed by atoms with E-state index in [9.17, 15) is 9.90 Å². The molecule has 1 aromatic carbocycles. The number of carbonyl (C=O) groups excluding carboxylic acids is 1. The normalized spacial score (nSPS) is 27.1. The SMILES string of the molecule is COc1ccc(C(=O)N2CCC[C@@H]2[C@@H]2CCCC[C@H]2O)c(OC)c1. The molecule has 1 aliphatic heterocycles. The van der Waals surface area contributed by atoms with Gasteiger partial charge in [-0.05, 0) is 37.8 Å². The molecule has 1 aromatic rings. The highest BCUT2D eigenvalue weighted by Crippen LogP contribution is 2.36. The van der Waals surface area contributed by atoms with Gasteiger partial charge < -0.3 is 19.5 Å². The maximum absolute atomic E-state index is 13.1. The van der Waals surface area contributed by atoms with Gasteiger partial charge >= 0.3 is 0 Å². The van der Waals surface area contributed by atoms with Crippen molar-refractivity contribution >= 4 is 5.91 Å². The number of carbonyl (C=O) groups is 1. The third kappa shape index (κ3) is 3.22. The molecule has 1 aliphatic carbocycles. The van der Waals surface area contributed by atoms with E-state index in [0.29, 0.717) is 17.1 Å². The van der Waals surface area contributed by atoms with Gasteiger partial charge in [-0.3, -0.25) is 4.79 Å². The van der Waals surface area contributed by atoms with Crippen LogP contribution in [0.25, 0.3) is 0 Å². The van der Waals surface area contributed by atoms with Crippen molar-refractivity contribution in [2.75, 3.05) is 20.8 Å². The summed E-state index contributed by atoms with van der Waals surface area (Å²) in [5.74, 6) is 1.41. The second-order valence-corrected chi connectivity index (χ2v) is 6.79. The average molecular weight is 333 g/mol. The van der Waals surface area contributed by atoms with Crippen LogP contribution in [0.2, 0.25) is 0 Å². The number of benzene rings is 1. The van der Waals surface area contributed by atoms with Crippen LogP contribution < -0.4 is 9.47 Å². The van der Waals surface area contributed by atoms with Crippen molar-refractivity contribution in [3.63, 3.8) is 0 Å². The second-order valence-electron chi connectivity index (χ2n) is 6.79. The predicted molar refractivity (Wildman–Crippen MR) is 91.6 cm³/mol. The molecule has 0 radical (unpaired) electrons. The highest BCUT2D eigenvalue weighted by molar-refractivity contribution is 5.97. The summed E-state index contributed by atoms with van der Waals surface area (Å²) in [5, 5.41) is 10.4. The highest BCUT2D eigenvalue weighted by atomic mass is 16.5. The molecule has 0 aromatic heterocycles. The molecule has 3 rings (SSSR count). The quantitative estimate of drug-likeness (QED) is 0.920. The summed E-state index contributed by atoms with van der Waals surface area (Å²) in [6.45, 7) is 0.752. The minimum absolute atomic E-state index is 0.00484. The van der Waals surface area contributed by atoms with E-state index in [2.05, 4.69) is 0 Å². The first-order valence-corrected chi connectivity index (χ1v) is 8.86. The van der Waals surface area contributed by atoms with Gasteiger partial charge in [0.25, 0.3) is 5.91 Å². The molecule has 1 amide bonds. The Labute approximate surface area is 143 Å². The number of likely N-dealkylation sites (tertiary alicyclic amines) is 1. The van der Waals surface area contributed by atoms with Crippen LogP contribution in [0.15, 0.2) is 18.2 Å². The first kappa shape index (κ1) is 17.1. The van der Waals surface area contributed by atoms with Crippen LogP contribution >= 0.6 is 0 Å². The zero-order chi connectivity index (χ0) is 17.1. The third-order valence-electron chi connectivity index (χ3n) is 5.47. The summed E-state index contributed by atoms with van der Waals surface area (Å²) >= 11 is 0. The number of methoxy groups -OCH3 is 2. The van der Waals surface area contributed by atoms with Crippen molar-refractivity contribution in [1.82, 2.24) is 4.90 Å². The maximum atomic E-state index is 13.1. The number of rotatable bonds is 4. The van der Waals surface area contributed by atoms with Gasteiger partial charge in [0, 0.05) is 24.6 Å². The fourth-order valence-corrected chi connectivity index (χ4v) is 4.21. The van der Waals surface area contributed by atoms with Gasteiger partial charge in [0.15, 0.2) is 0 Å². The molecule has 2 fully saturated rings. The van der Waals surface area contributed by atoms with Crippen molar-refractivity contribution in [2.24, 2.45) is 5.92 Å². The number of nitrogens with zero attached hydrogens (tertiary/aromatic N) is 1. The zero-order valence-electron chi connectivity index (χ0n) is 14.5. The van der Waals surface area contributed by atoms with E-state index in [1.807, 2.05) is 4.90 Å². The number of hydrogen-bond acceptors (Lipinski definition) is 4. The summed E-state index contributed by atoms with van der Waals surface area (Å²) in [6.07, 6.45) is 5.79. The molecule has 5 heteroatoms. The summed E-state index contributed by atoms with van der Waals surface area (Å²) < 4.78 is 10.6. The number of aliphatic hydroxyl groups is 1. The Balaban J connectivity index is 1.83. The Bertz CT molecular complexity index is 589. The largest absolute Gasteiger partial charge is 0.497 e. The Morgan fingerprint density at radius 2 is 1.92 bits per heavy atom. The van der Waals surface area contributed by atoms with Gasteiger partial charge in [0.05, 0.1) is 25.9 Å². The Kier molecular flexibility index (Phi) is 5.29. The molecule has 24 heavy (non-hydrogen) atoms. The van der Waals surface area contributed by atoms with Gasteiger partial charge in [-0.25, -0.2) is 0 Å². The van der Waals surface area contributed by atoms with Gasteiger partial charge in [-0.2, -0.15) is 0 Å². The van der Waals surface area contributed by atoms with Crippen LogP contribution in [-0.2, 0) is 0 Å². The molecule has 0 unspecified atom stereocenters. The number of ether oxygens (including phenoxy) is 2.